The van der Waals surface area contributed by atoms with Crippen LogP contribution in [0, 0.1) is 0 Å². The van der Waals surface area contributed by atoms with Gasteiger partial charge in [-0.05, 0) is 31.4 Å². The van der Waals surface area contributed by atoms with E-state index in [4.69, 9.17) is 0 Å². The van der Waals surface area contributed by atoms with E-state index in [1.165, 1.54) is 19.3 Å². The molecular formula is C22H25NO2. The van der Waals surface area contributed by atoms with E-state index in [1.54, 1.807) is 0 Å². The lowest BCUT2D eigenvalue weighted by atomic mass is 9.92. The molecule has 2 aromatic carbocycles. The predicted octanol–water partition coefficient (Wildman–Crippen LogP) is 4.47. The van der Waals surface area contributed by atoms with Crippen molar-refractivity contribution in [1.82, 2.24) is 5.32 Å². The molecule has 1 unspecified atom stereocenters. The van der Waals surface area contributed by atoms with Crippen LogP contribution in [-0.2, 0) is 4.79 Å². The lowest BCUT2D eigenvalue weighted by molar-refractivity contribution is -0.123. The second-order valence-electron chi connectivity index (χ2n) is 6.89. The summed E-state index contributed by atoms with van der Waals surface area (Å²) in [6, 6.07) is 17.0. The third-order valence-electron chi connectivity index (χ3n) is 5.03. The molecule has 0 heterocycles. The molecule has 0 saturated heterocycles. The second kappa shape index (κ2) is 8.11. The molecule has 2 aromatic rings. The number of hydrogen-bond acceptors (Lipinski definition) is 2. The van der Waals surface area contributed by atoms with Crippen molar-refractivity contribution >= 4 is 11.7 Å². The highest BCUT2D eigenvalue weighted by Gasteiger charge is 2.21. The number of amides is 1. The summed E-state index contributed by atoms with van der Waals surface area (Å²) >= 11 is 0. The summed E-state index contributed by atoms with van der Waals surface area (Å²) in [4.78, 5) is 25.2. The van der Waals surface area contributed by atoms with Gasteiger partial charge in [0.15, 0.2) is 5.78 Å². The number of ketones is 1. The Labute approximate surface area is 149 Å². The monoisotopic (exact) mass is 335 g/mol. The molecule has 0 bridgehead atoms. The van der Waals surface area contributed by atoms with Crippen LogP contribution in [0.15, 0.2) is 54.6 Å². The van der Waals surface area contributed by atoms with E-state index >= 15 is 0 Å². The van der Waals surface area contributed by atoms with Crippen molar-refractivity contribution in [2.24, 2.45) is 0 Å². The molecule has 0 radical (unpaired) electrons. The molecule has 130 valence electrons. The fraction of sp³-hybridized carbons (Fsp3) is 0.364. The molecule has 1 aliphatic rings. The second-order valence-corrected chi connectivity index (χ2v) is 6.89. The van der Waals surface area contributed by atoms with Crippen LogP contribution < -0.4 is 5.32 Å². The van der Waals surface area contributed by atoms with Gasteiger partial charge in [-0.3, -0.25) is 9.59 Å². The Morgan fingerprint density at radius 1 is 0.920 bits per heavy atom. The largest absolute Gasteiger partial charge is 0.353 e. The van der Waals surface area contributed by atoms with Crippen molar-refractivity contribution in [3.8, 4) is 0 Å². The minimum absolute atomic E-state index is 0.0117. The average Bonchev–Trinajstić information content (AvgIpc) is 2.68. The summed E-state index contributed by atoms with van der Waals surface area (Å²) in [7, 11) is 0. The Bertz CT molecular complexity index is 733. The number of nitrogens with one attached hydrogen (secondary N) is 1. The number of benzene rings is 2. The molecule has 1 saturated carbocycles. The molecule has 3 rings (SSSR count). The highest BCUT2D eigenvalue weighted by atomic mass is 16.2. The highest BCUT2D eigenvalue weighted by molar-refractivity contribution is 6.09. The van der Waals surface area contributed by atoms with Gasteiger partial charge in [0.1, 0.15) is 0 Å². The maximum Gasteiger partial charge on any atom is 0.227 e. The van der Waals surface area contributed by atoms with E-state index in [-0.39, 0.29) is 17.6 Å². The van der Waals surface area contributed by atoms with Gasteiger partial charge in [0.25, 0.3) is 0 Å². The van der Waals surface area contributed by atoms with Crippen LogP contribution >= 0.6 is 0 Å². The van der Waals surface area contributed by atoms with E-state index in [0.29, 0.717) is 17.2 Å². The molecule has 1 N–H and O–H groups in total. The van der Waals surface area contributed by atoms with Crippen LogP contribution in [0.25, 0.3) is 0 Å². The maximum atomic E-state index is 12.6. The van der Waals surface area contributed by atoms with Crippen molar-refractivity contribution in [2.45, 2.75) is 51.0 Å². The lowest BCUT2D eigenvalue weighted by Crippen LogP contribution is -2.38. The molecular weight excluding hydrogens is 310 g/mol. The van der Waals surface area contributed by atoms with E-state index in [9.17, 15) is 9.59 Å². The van der Waals surface area contributed by atoms with Gasteiger partial charge < -0.3 is 5.32 Å². The quantitative estimate of drug-likeness (QED) is 0.820. The zero-order valence-corrected chi connectivity index (χ0v) is 14.7. The molecule has 0 spiro atoms. The fourth-order valence-electron chi connectivity index (χ4n) is 3.43. The standard InChI is InChI=1S/C22H25NO2/c1-16(22(25)23-20-13-6-3-7-14-20)18-11-8-12-19(15-18)21(24)17-9-4-2-5-10-17/h2,4-5,8-12,15-16,20H,3,6-7,13-14H2,1H3,(H,23,25). The van der Waals surface area contributed by atoms with Crippen LogP contribution in [0.3, 0.4) is 0 Å². The minimum atomic E-state index is -0.259. The van der Waals surface area contributed by atoms with Crippen molar-refractivity contribution in [3.05, 3.63) is 71.3 Å². The zero-order valence-electron chi connectivity index (χ0n) is 14.7. The summed E-state index contributed by atoms with van der Waals surface area (Å²) < 4.78 is 0. The van der Waals surface area contributed by atoms with E-state index in [2.05, 4.69) is 5.32 Å². The topological polar surface area (TPSA) is 46.2 Å². The molecule has 0 aromatic heterocycles. The fourth-order valence-corrected chi connectivity index (χ4v) is 3.43. The zero-order chi connectivity index (χ0) is 17.6. The van der Waals surface area contributed by atoms with E-state index in [1.807, 2.05) is 61.5 Å². The van der Waals surface area contributed by atoms with E-state index < -0.39 is 0 Å². The summed E-state index contributed by atoms with van der Waals surface area (Å²) in [5, 5.41) is 3.17. The van der Waals surface area contributed by atoms with Gasteiger partial charge in [0.2, 0.25) is 5.91 Å². The van der Waals surface area contributed by atoms with Gasteiger partial charge in [-0.1, -0.05) is 67.8 Å². The number of hydrogen-bond donors (Lipinski definition) is 1. The summed E-state index contributed by atoms with van der Waals surface area (Å²) in [6.07, 6.45) is 5.81. The number of carbonyl (C=O) groups is 2. The third-order valence-corrected chi connectivity index (χ3v) is 5.03. The molecule has 1 aliphatic carbocycles. The summed E-state index contributed by atoms with van der Waals surface area (Å²) in [6.45, 7) is 1.91. The van der Waals surface area contributed by atoms with Gasteiger partial charge in [-0.25, -0.2) is 0 Å². The molecule has 1 amide bonds. The Hall–Kier alpha value is -2.42. The summed E-state index contributed by atoms with van der Waals surface area (Å²) in [5.41, 5.74) is 2.18. The van der Waals surface area contributed by atoms with Crippen LogP contribution in [0.1, 0.15) is 66.4 Å². The van der Waals surface area contributed by atoms with Crippen LogP contribution in [0.2, 0.25) is 0 Å². The Morgan fingerprint density at radius 3 is 2.32 bits per heavy atom. The first-order chi connectivity index (χ1) is 12.1. The normalized spacial score (nSPS) is 16.2. The molecule has 1 atom stereocenters. The Kier molecular flexibility index (Phi) is 5.64. The average molecular weight is 335 g/mol. The molecule has 3 heteroatoms. The first-order valence-electron chi connectivity index (χ1n) is 9.15. The lowest BCUT2D eigenvalue weighted by Gasteiger charge is -2.24. The molecule has 1 fully saturated rings. The SMILES string of the molecule is CC(C(=O)NC1CCCCC1)c1cccc(C(=O)c2ccccc2)c1. The number of rotatable bonds is 5. The van der Waals surface area contributed by atoms with Crippen LogP contribution in [-0.4, -0.2) is 17.7 Å². The van der Waals surface area contributed by atoms with Crippen LogP contribution in [0.4, 0.5) is 0 Å². The smallest absolute Gasteiger partial charge is 0.227 e. The number of carbonyl (C=O) groups excluding carboxylic acids is 2. The van der Waals surface area contributed by atoms with Gasteiger partial charge in [0.05, 0.1) is 5.92 Å². The third kappa shape index (κ3) is 4.36. The molecule has 25 heavy (non-hydrogen) atoms. The Morgan fingerprint density at radius 2 is 1.60 bits per heavy atom. The minimum Gasteiger partial charge on any atom is -0.353 e. The first kappa shape index (κ1) is 17.4. The van der Waals surface area contributed by atoms with Crippen molar-refractivity contribution < 1.29 is 9.59 Å². The van der Waals surface area contributed by atoms with Gasteiger partial charge >= 0.3 is 0 Å². The van der Waals surface area contributed by atoms with Gasteiger partial charge in [-0.15, -0.1) is 0 Å². The molecule has 3 nitrogen and oxygen atoms in total. The predicted molar refractivity (Wildman–Crippen MR) is 99.7 cm³/mol. The van der Waals surface area contributed by atoms with Gasteiger partial charge in [0, 0.05) is 17.2 Å². The first-order valence-corrected chi connectivity index (χ1v) is 9.15. The van der Waals surface area contributed by atoms with Crippen molar-refractivity contribution in [2.75, 3.05) is 0 Å². The van der Waals surface area contributed by atoms with Crippen LogP contribution in [0.5, 0.6) is 0 Å². The van der Waals surface area contributed by atoms with Crippen molar-refractivity contribution in [1.29, 1.82) is 0 Å². The molecule has 0 aliphatic heterocycles. The summed E-state index contributed by atoms with van der Waals surface area (Å²) in [5.74, 6) is -0.219. The van der Waals surface area contributed by atoms with E-state index in [0.717, 1.165) is 18.4 Å². The Balaban J connectivity index is 1.71. The van der Waals surface area contributed by atoms with Gasteiger partial charge in [-0.2, -0.15) is 0 Å². The highest BCUT2D eigenvalue weighted by Crippen LogP contribution is 2.22. The maximum absolute atomic E-state index is 12.6. The van der Waals surface area contributed by atoms with Crippen molar-refractivity contribution in [3.63, 3.8) is 0 Å².